The van der Waals surface area contributed by atoms with Crippen LogP contribution in [0, 0.1) is 0 Å². The van der Waals surface area contributed by atoms with E-state index in [2.05, 4.69) is 5.10 Å². The molecule has 1 atom stereocenters. The molecule has 0 saturated heterocycles. The second-order valence-corrected chi connectivity index (χ2v) is 4.45. The average Bonchev–Trinajstić information content (AvgIpc) is 2.72. The van der Waals surface area contributed by atoms with Gasteiger partial charge < -0.3 is 5.11 Å². The normalized spacial score (nSPS) is 13.3. The minimum Gasteiger partial charge on any atom is -0.395 e. The molecule has 0 saturated carbocycles. The van der Waals surface area contributed by atoms with Crippen molar-refractivity contribution in [1.29, 1.82) is 0 Å². The van der Waals surface area contributed by atoms with E-state index < -0.39 is 0 Å². The summed E-state index contributed by atoms with van der Waals surface area (Å²) >= 11 is 0. The number of aliphatic hydroxyl groups excluding tert-OH is 1. The van der Waals surface area contributed by atoms with E-state index in [4.69, 9.17) is 5.11 Å². The van der Waals surface area contributed by atoms with Crippen LogP contribution in [0.25, 0.3) is 5.65 Å². The summed E-state index contributed by atoms with van der Waals surface area (Å²) in [5.41, 5.74) is 0.524. The molecule has 0 spiro atoms. The molecule has 0 fully saturated rings. The highest BCUT2D eigenvalue weighted by Crippen LogP contribution is 1.97. The van der Waals surface area contributed by atoms with E-state index in [-0.39, 0.29) is 18.3 Å². The van der Waals surface area contributed by atoms with Crippen LogP contribution >= 0.6 is 0 Å². The Balaban J connectivity index is 2.13. The third-order valence-corrected chi connectivity index (χ3v) is 3.17. The standard InChI is InChI=1S/C12H18N4O2/c1-10(9-17)14(2)7-8-16-12(18)15-6-4-3-5-11(15)13-16/h3-6,10,17H,7-9H2,1-2H3. The van der Waals surface area contributed by atoms with Gasteiger partial charge in [0.1, 0.15) is 0 Å². The summed E-state index contributed by atoms with van der Waals surface area (Å²) in [5, 5.41) is 13.3. The van der Waals surface area contributed by atoms with Gasteiger partial charge in [0.2, 0.25) is 0 Å². The molecule has 1 N–H and O–H groups in total. The molecule has 0 aliphatic rings. The molecule has 0 radical (unpaired) electrons. The lowest BCUT2D eigenvalue weighted by Crippen LogP contribution is -2.36. The van der Waals surface area contributed by atoms with Gasteiger partial charge in [-0.2, -0.15) is 0 Å². The molecule has 0 aromatic carbocycles. The zero-order valence-corrected chi connectivity index (χ0v) is 10.7. The highest BCUT2D eigenvalue weighted by molar-refractivity contribution is 5.35. The fraction of sp³-hybridized carbons (Fsp3) is 0.500. The summed E-state index contributed by atoms with van der Waals surface area (Å²) in [6.07, 6.45) is 1.71. The minimum absolute atomic E-state index is 0.0812. The largest absolute Gasteiger partial charge is 0.395 e. The fourth-order valence-corrected chi connectivity index (χ4v) is 1.73. The van der Waals surface area contributed by atoms with Crippen molar-refractivity contribution in [3.05, 3.63) is 34.9 Å². The van der Waals surface area contributed by atoms with Gasteiger partial charge in [-0.3, -0.25) is 9.30 Å². The van der Waals surface area contributed by atoms with Crippen LogP contribution in [0.5, 0.6) is 0 Å². The predicted octanol–water partition coefficient (Wildman–Crippen LogP) is -0.191. The van der Waals surface area contributed by atoms with Gasteiger partial charge >= 0.3 is 5.69 Å². The molecule has 0 bridgehead atoms. The second-order valence-electron chi connectivity index (χ2n) is 4.45. The number of rotatable bonds is 5. The van der Waals surface area contributed by atoms with E-state index in [0.29, 0.717) is 18.7 Å². The third-order valence-electron chi connectivity index (χ3n) is 3.17. The van der Waals surface area contributed by atoms with Crippen molar-refractivity contribution in [2.75, 3.05) is 20.2 Å². The number of hydrogen-bond donors (Lipinski definition) is 1. The van der Waals surface area contributed by atoms with Crippen LogP contribution in [0.15, 0.2) is 29.2 Å². The van der Waals surface area contributed by atoms with Gasteiger partial charge in [-0.15, -0.1) is 5.10 Å². The van der Waals surface area contributed by atoms with Gasteiger partial charge in [0.05, 0.1) is 13.2 Å². The summed E-state index contributed by atoms with van der Waals surface area (Å²) in [6, 6.07) is 5.54. The van der Waals surface area contributed by atoms with Crippen LogP contribution in [0.1, 0.15) is 6.92 Å². The average molecular weight is 250 g/mol. The maximum absolute atomic E-state index is 12.0. The fourth-order valence-electron chi connectivity index (χ4n) is 1.73. The quantitative estimate of drug-likeness (QED) is 0.799. The number of fused-ring (bicyclic) bond motifs is 1. The van der Waals surface area contributed by atoms with Crippen molar-refractivity contribution in [2.45, 2.75) is 19.5 Å². The van der Waals surface area contributed by atoms with E-state index in [1.807, 2.05) is 24.9 Å². The Morgan fingerprint density at radius 3 is 2.94 bits per heavy atom. The summed E-state index contributed by atoms with van der Waals surface area (Å²) in [4.78, 5) is 14.0. The lowest BCUT2D eigenvalue weighted by Gasteiger charge is -2.22. The molecule has 0 aliphatic heterocycles. The molecule has 0 amide bonds. The lowest BCUT2D eigenvalue weighted by atomic mass is 10.3. The molecule has 2 aromatic rings. The number of hydrogen-bond acceptors (Lipinski definition) is 4. The van der Waals surface area contributed by atoms with Crippen molar-refractivity contribution in [3.63, 3.8) is 0 Å². The van der Waals surface area contributed by atoms with Gasteiger partial charge in [0, 0.05) is 18.8 Å². The zero-order chi connectivity index (χ0) is 13.1. The second kappa shape index (κ2) is 5.32. The van der Waals surface area contributed by atoms with Gasteiger partial charge in [0.15, 0.2) is 5.65 Å². The SMILES string of the molecule is CC(CO)N(C)CCn1nc2ccccn2c1=O. The lowest BCUT2D eigenvalue weighted by molar-refractivity contribution is 0.154. The summed E-state index contributed by atoms with van der Waals surface area (Å²) in [5.74, 6) is 0. The van der Waals surface area contributed by atoms with Crippen LogP contribution in [0.3, 0.4) is 0 Å². The summed E-state index contributed by atoms with van der Waals surface area (Å²) in [7, 11) is 1.92. The van der Waals surface area contributed by atoms with Crippen LogP contribution in [-0.2, 0) is 6.54 Å². The van der Waals surface area contributed by atoms with E-state index in [0.717, 1.165) is 0 Å². The first-order valence-electron chi connectivity index (χ1n) is 5.99. The highest BCUT2D eigenvalue weighted by atomic mass is 16.3. The number of nitrogens with zero attached hydrogens (tertiary/aromatic N) is 4. The molecule has 0 aliphatic carbocycles. The molecule has 6 nitrogen and oxygen atoms in total. The van der Waals surface area contributed by atoms with Crippen molar-refractivity contribution in [2.24, 2.45) is 0 Å². The van der Waals surface area contributed by atoms with Crippen molar-refractivity contribution < 1.29 is 5.11 Å². The maximum Gasteiger partial charge on any atom is 0.350 e. The Labute approximate surface area is 105 Å². The molecule has 2 heterocycles. The number of likely N-dealkylation sites (N-methyl/N-ethyl adjacent to an activating group) is 1. The van der Waals surface area contributed by atoms with Crippen LogP contribution < -0.4 is 5.69 Å². The first kappa shape index (κ1) is 12.8. The van der Waals surface area contributed by atoms with E-state index >= 15 is 0 Å². The van der Waals surface area contributed by atoms with E-state index in [1.54, 1.807) is 18.3 Å². The Kier molecular flexibility index (Phi) is 3.78. The molecular weight excluding hydrogens is 232 g/mol. The minimum atomic E-state index is -0.129. The van der Waals surface area contributed by atoms with E-state index in [9.17, 15) is 4.79 Å². The smallest absolute Gasteiger partial charge is 0.350 e. The van der Waals surface area contributed by atoms with Crippen molar-refractivity contribution in [1.82, 2.24) is 19.1 Å². The number of aliphatic hydroxyl groups is 1. The Morgan fingerprint density at radius 1 is 1.50 bits per heavy atom. The van der Waals surface area contributed by atoms with Gasteiger partial charge in [-0.1, -0.05) is 6.07 Å². The van der Waals surface area contributed by atoms with E-state index in [1.165, 1.54) is 9.08 Å². The summed E-state index contributed by atoms with van der Waals surface area (Å²) < 4.78 is 2.98. The van der Waals surface area contributed by atoms with Crippen LogP contribution in [0.4, 0.5) is 0 Å². The molecule has 18 heavy (non-hydrogen) atoms. The molecule has 6 heteroatoms. The maximum atomic E-state index is 12.0. The monoisotopic (exact) mass is 250 g/mol. The predicted molar refractivity (Wildman–Crippen MR) is 68.6 cm³/mol. The topological polar surface area (TPSA) is 62.8 Å². The Bertz CT molecular complexity index is 575. The Morgan fingerprint density at radius 2 is 2.28 bits per heavy atom. The number of aromatic nitrogens is 3. The highest BCUT2D eigenvalue weighted by Gasteiger charge is 2.10. The third kappa shape index (κ3) is 2.44. The Hall–Kier alpha value is -1.66. The molecule has 98 valence electrons. The molecule has 2 aromatic heterocycles. The first-order valence-corrected chi connectivity index (χ1v) is 5.99. The van der Waals surface area contributed by atoms with Crippen molar-refractivity contribution >= 4 is 5.65 Å². The summed E-state index contributed by atoms with van der Waals surface area (Å²) in [6.45, 7) is 3.23. The van der Waals surface area contributed by atoms with Gasteiger partial charge in [0.25, 0.3) is 0 Å². The molecule has 2 rings (SSSR count). The zero-order valence-electron chi connectivity index (χ0n) is 10.7. The molecular formula is C12H18N4O2. The first-order chi connectivity index (χ1) is 8.63. The van der Waals surface area contributed by atoms with Gasteiger partial charge in [-0.05, 0) is 26.1 Å². The van der Waals surface area contributed by atoms with Crippen LogP contribution in [-0.4, -0.2) is 50.4 Å². The van der Waals surface area contributed by atoms with Gasteiger partial charge in [-0.25, -0.2) is 9.48 Å². The van der Waals surface area contributed by atoms with Crippen LogP contribution in [0.2, 0.25) is 0 Å². The number of pyridine rings is 1. The molecule has 1 unspecified atom stereocenters. The van der Waals surface area contributed by atoms with Crippen molar-refractivity contribution in [3.8, 4) is 0 Å².